The van der Waals surface area contributed by atoms with E-state index in [9.17, 15) is 4.79 Å². The molecule has 0 saturated carbocycles. The second kappa shape index (κ2) is 4.27. The van der Waals surface area contributed by atoms with Gasteiger partial charge in [0.05, 0.1) is 15.2 Å². The van der Waals surface area contributed by atoms with Crippen molar-refractivity contribution in [3.05, 3.63) is 23.2 Å². The Morgan fingerprint density at radius 1 is 1.50 bits per heavy atom. The maximum atomic E-state index is 11.4. The van der Waals surface area contributed by atoms with E-state index in [1.54, 1.807) is 20.2 Å². The molecule has 0 aliphatic heterocycles. The third kappa shape index (κ3) is 2.10. The molecular weight excluding hydrogens is 246 g/mol. The number of benzene rings is 1. The third-order valence-electron chi connectivity index (χ3n) is 1.99. The standard InChI is InChI=1S/C10H10ClN3OS/c1-14(2)10(15)13-9-12-7-5-3-4-6(11)8(7)16-9/h3-5H,1-2H3,(H,12,13,15). The number of thiazole rings is 1. The third-order valence-corrected chi connectivity index (χ3v) is 3.43. The molecule has 1 aromatic heterocycles. The average molecular weight is 256 g/mol. The zero-order valence-electron chi connectivity index (χ0n) is 8.82. The monoisotopic (exact) mass is 255 g/mol. The van der Waals surface area contributed by atoms with Gasteiger partial charge in [0, 0.05) is 14.1 Å². The number of nitrogens with one attached hydrogen (secondary N) is 1. The molecule has 0 spiro atoms. The number of aromatic nitrogens is 1. The van der Waals surface area contributed by atoms with Crippen molar-refractivity contribution in [2.75, 3.05) is 19.4 Å². The van der Waals surface area contributed by atoms with Crippen LogP contribution >= 0.6 is 22.9 Å². The summed E-state index contributed by atoms with van der Waals surface area (Å²) in [5.74, 6) is 0. The molecule has 84 valence electrons. The molecule has 0 aliphatic rings. The molecule has 0 bridgehead atoms. The lowest BCUT2D eigenvalue weighted by Gasteiger charge is -2.08. The highest BCUT2D eigenvalue weighted by Gasteiger charge is 2.10. The van der Waals surface area contributed by atoms with Crippen LogP contribution in [0.15, 0.2) is 18.2 Å². The van der Waals surface area contributed by atoms with E-state index in [0.29, 0.717) is 10.2 Å². The molecule has 6 heteroatoms. The van der Waals surface area contributed by atoms with Crippen molar-refractivity contribution in [1.29, 1.82) is 0 Å². The number of carbonyl (C=O) groups excluding carboxylic acids is 1. The van der Waals surface area contributed by atoms with Crippen molar-refractivity contribution >= 4 is 44.3 Å². The van der Waals surface area contributed by atoms with Crippen LogP contribution in [0.4, 0.5) is 9.93 Å². The van der Waals surface area contributed by atoms with Crippen LogP contribution in [0.25, 0.3) is 10.2 Å². The molecule has 0 unspecified atom stereocenters. The number of rotatable bonds is 1. The number of carbonyl (C=O) groups is 1. The number of anilines is 1. The fraction of sp³-hybridized carbons (Fsp3) is 0.200. The van der Waals surface area contributed by atoms with E-state index < -0.39 is 0 Å². The molecule has 4 nitrogen and oxygen atoms in total. The smallest absolute Gasteiger partial charge is 0.323 e. The topological polar surface area (TPSA) is 45.2 Å². The van der Waals surface area contributed by atoms with Crippen molar-refractivity contribution in [3.63, 3.8) is 0 Å². The van der Waals surface area contributed by atoms with E-state index in [2.05, 4.69) is 10.3 Å². The number of amides is 2. The van der Waals surface area contributed by atoms with Gasteiger partial charge in [-0.25, -0.2) is 9.78 Å². The summed E-state index contributed by atoms with van der Waals surface area (Å²) >= 11 is 7.38. The summed E-state index contributed by atoms with van der Waals surface area (Å²) < 4.78 is 0.887. The highest BCUT2D eigenvalue weighted by molar-refractivity contribution is 7.23. The van der Waals surface area contributed by atoms with Gasteiger partial charge in [-0.05, 0) is 12.1 Å². The zero-order chi connectivity index (χ0) is 11.7. The van der Waals surface area contributed by atoms with Gasteiger partial charge in [-0.1, -0.05) is 29.0 Å². The van der Waals surface area contributed by atoms with Crippen LogP contribution < -0.4 is 5.32 Å². The van der Waals surface area contributed by atoms with Gasteiger partial charge < -0.3 is 4.90 Å². The maximum Gasteiger partial charge on any atom is 0.323 e. The Morgan fingerprint density at radius 3 is 2.88 bits per heavy atom. The van der Waals surface area contributed by atoms with Crippen molar-refractivity contribution in [2.24, 2.45) is 0 Å². The zero-order valence-corrected chi connectivity index (χ0v) is 10.4. The molecular formula is C10H10ClN3OS. The number of hydrogen-bond acceptors (Lipinski definition) is 3. The van der Waals surface area contributed by atoms with Crippen LogP contribution in [0.5, 0.6) is 0 Å². The van der Waals surface area contributed by atoms with Crippen LogP contribution in [-0.4, -0.2) is 30.0 Å². The van der Waals surface area contributed by atoms with Gasteiger partial charge in [-0.2, -0.15) is 0 Å². The summed E-state index contributed by atoms with van der Waals surface area (Å²) in [4.78, 5) is 17.1. The molecule has 2 amide bonds. The Labute approximate surface area is 102 Å². The Bertz CT molecular complexity index is 538. The summed E-state index contributed by atoms with van der Waals surface area (Å²) in [7, 11) is 3.35. The molecule has 0 radical (unpaired) electrons. The molecule has 0 atom stereocenters. The number of halogens is 1. The molecule has 1 aromatic carbocycles. The number of nitrogens with zero attached hydrogens (tertiary/aromatic N) is 2. The lowest BCUT2D eigenvalue weighted by molar-refractivity contribution is 0.230. The average Bonchev–Trinajstić information content (AvgIpc) is 2.61. The first-order chi connectivity index (χ1) is 7.58. The predicted octanol–water partition coefficient (Wildman–Crippen LogP) is 3.04. The van der Waals surface area contributed by atoms with E-state index in [-0.39, 0.29) is 6.03 Å². The molecule has 1 N–H and O–H groups in total. The SMILES string of the molecule is CN(C)C(=O)Nc1nc2cccc(Cl)c2s1. The Hall–Kier alpha value is -1.33. The van der Waals surface area contributed by atoms with Gasteiger partial charge in [0.25, 0.3) is 0 Å². The Balaban J connectivity index is 2.33. The molecule has 0 fully saturated rings. The van der Waals surface area contributed by atoms with Gasteiger partial charge in [0.2, 0.25) is 0 Å². The summed E-state index contributed by atoms with van der Waals surface area (Å²) in [5.41, 5.74) is 0.798. The number of fused-ring (bicyclic) bond motifs is 1. The Kier molecular flexibility index (Phi) is 2.98. The second-order valence-electron chi connectivity index (χ2n) is 3.43. The minimum Gasteiger partial charge on any atom is -0.331 e. The van der Waals surface area contributed by atoms with E-state index >= 15 is 0 Å². The van der Waals surface area contributed by atoms with E-state index in [1.807, 2.05) is 12.1 Å². The van der Waals surface area contributed by atoms with Crippen molar-refractivity contribution < 1.29 is 4.79 Å². The summed E-state index contributed by atoms with van der Waals surface area (Å²) in [5, 5.41) is 3.90. The lowest BCUT2D eigenvalue weighted by atomic mass is 10.3. The predicted molar refractivity (Wildman–Crippen MR) is 67.3 cm³/mol. The second-order valence-corrected chi connectivity index (χ2v) is 4.84. The summed E-state index contributed by atoms with van der Waals surface area (Å²) in [6, 6.07) is 5.31. The van der Waals surface area contributed by atoms with E-state index in [1.165, 1.54) is 16.2 Å². The first-order valence-corrected chi connectivity index (χ1v) is 5.81. The van der Waals surface area contributed by atoms with Gasteiger partial charge in [0.15, 0.2) is 5.13 Å². The van der Waals surface area contributed by atoms with E-state index in [4.69, 9.17) is 11.6 Å². The molecule has 2 aromatic rings. The molecule has 0 aliphatic carbocycles. The maximum absolute atomic E-state index is 11.4. The normalized spacial score (nSPS) is 10.4. The number of urea groups is 1. The lowest BCUT2D eigenvalue weighted by Crippen LogP contribution is -2.27. The molecule has 2 rings (SSSR count). The van der Waals surface area contributed by atoms with Crippen LogP contribution in [-0.2, 0) is 0 Å². The van der Waals surface area contributed by atoms with Crippen LogP contribution in [0.1, 0.15) is 0 Å². The molecule has 0 saturated heterocycles. The fourth-order valence-electron chi connectivity index (χ4n) is 1.17. The van der Waals surface area contributed by atoms with Crippen molar-refractivity contribution in [1.82, 2.24) is 9.88 Å². The van der Waals surface area contributed by atoms with Gasteiger partial charge in [-0.3, -0.25) is 5.32 Å². The minimum absolute atomic E-state index is 0.199. The first kappa shape index (κ1) is 11.2. The molecule has 16 heavy (non-hydrogen) atoms. The quantitative estimate of drug-likeness (QED) is 0.851. The van der Waals surface area contributed by atoms with Gasteiger partial charge in [-0.15, -0.1) is 0 Å². The Morgan fingerprint density at radius 2 is 2.25 bits per heavy atom. The van der Waals surface area contributed by atoms with Crippen molar-refractivity contribution in [3.8, 4) is 0 Å². The summed E-state index contributed by atoms with van der Waals surface area (Å²) in [6.45, 7) is 0. The van der Waals surface area contributed by atoms with Gasteiger partial charge >= 0.3 is 6.03 Å². The first-order valence-electron chi connectivity index (χ1n) is 4.61. The summed E-state index contributed by atoms with van der Waals surface area (Å²) in [6.07, 6.45) is 0. The minimum atomic E-state index is -0.199. The van der Waals surface area contributed by atoms with Gasteiger partial charge in [0.1, 0.15) is 0 Å². The fourth-order valence-corrected chi connectivity index (χ4v) is 2.32. The number of hydrogen-bond donors (Lipinski definition) is 1. The highest BCUT2D eigenvalue weighted by Crippen LogP contribution is 2.31. The molecule has 1 heterocycles. The highest BCUT2D eigenvalue weighted by atomic mass is 35.5. The van der Waals surface area contributed by atoms with Crippen LogP contribution in [0, 0.1) is 0 Å². The van der Waals surface area contributed by atoms with Crippen LogP contribution in [0.3, 0.4) is 0 Å². The largest absolute Gasteiger partial charge is 0.331 e. The van der Waals surface area contributed by atoms with E-state index in [0.717, 1.165) is 10.2 Å². The van der Waals surface area contributed by atoms with Crippen molar-refractivity contribution in [2.45, 2.75) is 0 Å². The van der Waals surface area contributed by atoms with Crippen LogP contribution in [0.2, 0.25) is 5.02 Å².